The Labute approximate surface area is 107 Å². The van der Waals surface area contributed by atoms with Gasteiger partial charge in [0.15, 0.2) is 22.5 Å². The molecule has 0 aromatic carbocycles. The Hall–Kier alpha value is -2.02. The maximum atomic E-state index is 10.7. The van der Waals surface area contributed by atoms with Gasteiger partial charge < -0.3 is 5.32 Å². The molecular weight excluding hydrogens is 256 g/mol. The molecule has 92 valence electrons. The number of halogens is 1. The third kappa shape index (κ3) is 2.04. The van der Waals surface area contributed by atoms with Crippen LogP contribution in [0, 0.1) is 4.91 Å². The van der Waals surface area contributed by atoms with Crippen LogP contribution in [0.3, 0.4) is 0 Å². The minimum Gasteiger partial charge on any atom is -0.321 e. The van der Waals surface area contributed by atoms with Gasteiger partial charge in [-0.2, -0.15) is 5.10 Å². The fourth-order valence-corrected chi connectivity index (χ4v) is 1.82. The van der Waals surface area contributed by atoms with E-state index in [0.717, 1.165) is 5.69 Å². The summed E-state index contributed by atoms with van der Waals surface area (Å²) in [4.78, 5) is 18.3. The summed E-state index contributed by atoms with van der Waals surface area (Å²) in [5.74, 6) is 1.40. The van der Waals surface area contributed by atoms with Gasteiger partial charge in [0.2, 0.25) is 0 Å². The van der Waals surface area contributed by atoms with E-state index in [9.17, 15) is 4.91 Å². The van der Waals surface area contributed by atoms with Gasteiger partial charge in [-0.1, -0.05) is 11.6 Å². The van der Waals surface area contributed by atoms with Crippen LogP contribution in [0.2, 0.25) is 5.15 Å². The molecule has 0 radical (unpaired) electrons. The van der Waals surface area contributed by atoms with Gasteiger partial charge in [-0.05, 0) is 18.0 Å². The number of nitrogens with zero attached hydrogens (tertiary/aromatic N) is 4. The van der Waals surface area contributed by atoms with Crippen LogP contribution in [-0.2, 0) is 0 Å². The van der Waals surface area contributed by atoms with Crippen LogP contribution in [0.4, 0.5) is 17.3 Å². The Morgan fingerprint density at radius 1 is 1.44 bits per heavy atom. The van der Waals surface area contributed by atoms with Gasteiger partial charge >= 0.3 is 0 Å². The zero-order chi connectivity index (χ0) is 12.5. The van der Waals surface area contributed by atoms with E-state index in [1.165, 1.54) is 19.2 Å². The average molecular weight is 265 g/mol. The molecule has 0 atom stereocenters. The molecule has 1 aliphatic rings. The molecule has 18 heavy (non-hydrogen) atoms. The van der Waals surface area contributed by atoms with Crippen molar-refractivity contribution in [2.75, 3.05) is 5.32 Å². The average Bonchev–Trinajstić information content (AvgIpc) is 3.11. The van der Waals surface area contributed by atoms with Crippen molar-refractivity contribution < 1.29 is 0 Å². The molecule has 1 aliphatic carbocycles. The van der Waals surface area contributed by atoms with Crippen LogP contribution in [0.5, 0.6) is 0 Å². The van der Waals surface area contributed by atoms with Crippen LogP contribution in [-0.4, -0.2) is 20.2 Å². The monoisotopic (exact) mass is 264 g/mol. The zero-order valence-electron chi connectivity index (χ0n) is 9.22. The molecule has 2 aromatic heterocycles. The van der Waals surface area contributed by atoms with Crippen molar-refractivity contribution in [3.8, 4) is 0 Å². The summed E-state index contributed by atoms with van der Waals surface area (Å²) in [6.07, 6.45) is 3.62. The van der Waals surface area contributed by atoms with E-state index in [4.69, 9.17) is 11.6 Å². The lowest BCUT2D eigenvalue weighted by Crippen LogP contribution is -1.95. The van der Waals surface area contributed by atoms with E-state index in [-0.39, 0.29) is 16.7 Å². The SMILES string of the molecule is O=Nc1c(Cl)ncnc1Nc1cc(C2CC2)[nH]n1. The highest BCUT2D eigenvalue weighted by Gasteiger charge is 2.25. The summed E-state index contributed by atoms with van der Waals surface area (Å²) in [6.45, 7) is 0. The summed E-state index contributed by atoms with van der Waals surface area (Å²) >= 11 is 5.75. The van der Waals surface area contributed by atoms with E-state index >= 15 is 0 Å². The van der Waals surface area contributed by atoms with E-state index in [1.54, 1.807) is 0 Å². The summed E-state index contributed by atoms with van der Waals surface area (Å²) in [5.41, 5.74) is 1.06. The molecule has 1 fully saturated rings. The topological polar surface area (TPSA) is 95.9 Å². The molecule has 2 aromatic rings. The van der Waals surface area contributed by atoms with Crippen molar-refractivity contribution in [2.24, 2.45) is 5.18 Å². The minimum absolute atomic E-state index is 0.0143. The summed E-state index contributed by atoms with van der Waals surface area (Å²) in [7, 11) is 0. The first kappa shape index (κ1) is 11.1. The third-order valence-corrected chi connectivity index (χ3v) is 3.01. The number of aromatic amines is 1. The van der Waals surface area contributed by atoms with E-state index in [2.05, 4.69) is 30.7 Å². The number of rotatable bonds is 4. The lowest BCUT2D eigenvalue weighted by Gasteiger charge is -2.03. The highest BCUT2D eigenvalue weighted by atomic mass is 35.5. The van der Waals surface area contributed by atoms with Crippen LogP contribution in [0.15, 0.2) is 17.6 Å². The lowest BCUT2D eigenvalue weighted by atomic mass is 10.3. The number of anilines is 2. The molecule has 7 nitrogen and oxygen atoms in total. The zero-order valence-corrected chi connectivity index (χ0v) is 9.98. The Balaban J connectivity index is 1.86. The van der Waals surface area contributed by atoms with Crippen LogP contribution in [0.1, 0.15) is 24.5 Å². The second kappa shape index (κ2) is 4.34. The van der Waals surface area contributed by atoms with Crippen LogP contribution >= 0.6 is 11.6 Å². The quantitative estimate of drug-likeness (QED) is 0.654. The summed E-state index contributed by atoms with van der Waals surface area (Å²) in [6, 6.07) is 1.89. The van der Waals surface area contributed by atoms with Crippen molar-refractivity contribution in [2.45, 2.75) is 18.8 Å². The number of H-pyrrole nitrogens is 1. The molecule has 1 saturated carbocycles. The fraction of sp³-hybridized carbons (Fsp3) is 0.300. The Bertz CT molecular complexity index is 594. The fourth-order valence-electron chi connectivity index (χ4n) is 1.66. The highest BCUT2D eigenvalue weighted by molar-refractivity contribution is 6.32. The number of aromatic nitrogens is 4. The van der Waals surface area contributed by atoms with Gasteiger partial charge in [0.1, 0.15) is 6.33 Å². The Morgan fingerprint density at radius 2 is 2.28 bits per heavy atom. The molecule has 2 heterocycles. The molecule has 0 saturated heterocycles. The highest BCUT2D eigenvalue weighted by Crippen LogP contribution is 2.40. The molecule has 0 spiro atoms. The predicted octanol–water partition coefficient (Wildman–Crippen LogP) is 2.87. The summed E-state index contributed by atoms with van der Waals surface area (Å²) in [5, 5.41) is 12.8. The predicted molar refractivity (Wildman–Crippen MR) is 66.3 cm³/mol. The van der Waals surface area contributed by atoms with Gasteiger partial charge in [-0.25, -0.2) is 9.97 Å². The molecule has 0 amide bonds. The first-order valence-corrected chi connectivity index (χ1v) is 5.82. The van der Waals surface area contributed by atoms with Crippen molar-refractivity contribution in [1.29, 1.82) is 0 Å². The Morgan fingerprint density at radius 3 is 3.00 bits per heavy atom. The maximum absolute atomic E-state index is 10.7. The van der Waals surface area contributed by atoms with Gasteiger partial charge in [0.25, 0.3) is 0 Å². The van der Waals surface area contributed by atoms with E-state index in [0.29, 0.717) is 11.7 Å². The normalized spacial score (nSPS) is 14.5. The van der Waals surface area contributed by atoms with Crippen molar-refractivity contribution in [1.82, 2.24) is 20.2 Å². The largest absolute Gasteiger partial charge is 0.321 e. The molecule has 0 bridgehead atoms. The number of nitrogens with one attached hydrogen (secondary N) is 2. The van der Waals surface area contributed by atoms with E-state index in [1.807, 2.05) is 6.07 Å². The first-order valence-electron chi connectivity index (χ1n) is 5.44. The number of nitroso groups, excluding NO2 is 1. The first-order chi connectivity index (χ1) is 8.78. The second-order valence-electron chi connectivity index (χ2n) is 4.06. The second-order valence-corrected chi connectivity index (χ2v) is 4.42. The molecule has 8 heteroatoms. The minimum atomic E-state index is -0.0184. The summed E-state index contributed by atoms with van der Waals surface area (Å²) < 4.78 is 0. The third-order valence-electron chi connectivity index (χ3n) is 2.73. The Kier molecular flexibility index (Phi) is 2.67. The molecule has 0 aliphatic heterocycles. The van der Waals surface area contributed by atoms with Crippen molar-refractivity contribution >= 4 is 28.9 Å². The molecule has 2 N–H and O–H groups in total. The smallest absolute Gasteiger partial charge is 0.187 e. The number of hydrogen-bond acceptors (Lipinski definition) is 6. The lowest BCUT2D eigenvalue weighted by molar-refractivity contribution is 0.966. The van der Waals surface area contributed by atoms with Gasteiger partial charge in [-0.3, -0.25) is 5.10 Å². The van der Waals surface area contributed by atoms with Crippen LogP contribution in [0.25, 0.3) is 0 Å². The van der Waals surface area contributed by atoms with E-state index < -0.39 is 0 Å². The molecule has 3 rings (SSSR count). The van der Waals surface area contributed by atoms with Gasteiger partial charge in [0.05, 0.1) is 0 Å². The van der Waals surface area contributed by atoms with Gasteiger partial charge in [0, 0.05) is 17.7 Å². The molecular formula is C10H9ClN6O. The van der Waals surface area contributed by atoms with Crippen molar-refractivity contribution in [3.05, 3.63) is 28.1 Å². The van der Waals surface area contributed by atoms with Gasteiger partial charge in [-0.15, -0.1) is 4.91 Å². The van der Waals surface area contributed by atoms with Crippen LogP contribution < -0.4 is 5.32 Å². The molecule has 0 unspecified atom stereocenters. The maximum Gasteiger partial charge on any atom is 0.187 e. The standard InChI is InChI=1S/C10H9ClN6O/c11-9-8(17-18)10(13-4-12-9)14-7-3-6(15-16-7)5-1-2-5/h3-5H,1-2H2,(H2,12,13,14,15,16). The van der Waals surface area contributed by atoms with Crippen molar-refractivity contribution in [3.63, 3.8) is 0 Å². The number of hydrogen-bond donors (Lipinski definition) is 2.